The monoisotopic (exact) mass is 484 g/mol. The van der Waals surface area contributed by atoms with E-state index in [1.54, 1.807) is 24.3 Å². The fraction of sp³-hybridized carbons (Fsp3) is 0.417. The lowest BCUT2D eigenvalue weighted by Crippen LogP contribution is -2.44. The topological polar surface area (TPSA) is 119 Å². The first-order valence-corrected chi connectivity index (χ1v) is 11.9. The highest BCUT2D eigenvalue weighted by Crippen LogP contribution is 2.39. The molecule has 10 heteroatoms. The lowest BCUT2D eigenvalue weighted by Gasteiger charge is -2.34. The number of aromatic nitrogens is 1. The van der Waals surface area contributed by atoms with Gasteiger partial charge >= 0.3 is 0 Å². The van der Waals surface area contributed by atoms with E-state index in [1.807, 2.05) is 17.9 Å². The number of anilines is 1. The van der Waals surface area contributed by atoms with Crippen molar-refractivity contribution in [3.63, 3.8) is 0 Å². The van der Waals surface area contributed by atoms with Gasteiger partial charge in [-0.1, -0.05) is 49.0 Å². The van der Waals surface area contributed by atoms with Crippen molar-refractivity contribution in [2.24, 2.45) is 5.73 Å². The maximum atomic E-state index is 12.5. The molecule has 2 heterocycles. The zero-order valence-electron chi connectivity index (χ0n) is 18.8. The van der Waals surface area contributed by atoms with E-state index in [9.17, 15) is 24.1 Å². The number of halogens is 2. The lowest BCUT2D eigenvalue weighted by molar-refractivity contribution is -0.117. The minimum atomic E-state index is -2.40. The summed E-state index contributed by atoms with van der Waals surface area (Å²) in [7, 11) is 0. The summed E-state index contributed by atoms with van der Waals surface area (Å²) in [5.41, 5.74) is 7.56. The van der Waals surface area contributed by atoms with Gasteiger partial charge in [-0.25, -0.2) is 13.8 Å². The number of nitrogens with two attached hydrogens (primary N) is 1. The van der Waals surface area contributed by atoms with E-state index in [2.05, 4.69) is 22.4 Å². The predicted octanol–water partition coefficient (Wildman–Crippen LogP) is 3.53. The number of primary amides is 1. The van der Waals surface area contributed by atoms with E-state index in [0.717, 1.165) is 11.8 Å². The summed E-state index contributed by atoms with van der Waals surface area (Å²) in [6.45, 7) is 2.57. The average molecular weight is 485 g/mol. The second-order valence-corrected chi connectivity index (χ2v) is 9.01. The normalized spacial score (nSPS) is 15.1. The summed E-state index contributed by atoms with van der Waals surface area (Å²) in [6.07, 6.45) is -0.722. The van der Waals surface area contributed by atoms with Gasteiger partial charge in [0.2, 0.25) is 5.91 Å². The van der Waals surface area contributed by atoms with E-state index in [1.165, 1.54) is 0 Å². The molecule has 1 atom stereocenters. The first kappa shape index (κ1) is 25.4. The lowest BCUT2D eigenvalue weighted by atomic mass is 10.00. The van der Waals surface area contributed by atoms with Crippen LogP contribution in [-0.4, -0.2) is 43.0 Å². The first-order valence-electron chi connectivity index (χ1n) is 11.0. The molecule has 3 rings (SSSR count). The van der Waals surface area contributed by atoms with Gasteiger partial charge < -0.3 is 16.0 Å². The second-order valence-electron chi connectivity index (χ2n) is 7.92. The van der Waals surface area contributed by atoms with Gasteiger partial charge in [-0.15, -0.1) is 0 Å². The van der Waals surface area contributed by atoms with E-state index >= 15 is 0 Å². The Morgan fingerprint density at radius 1 is 1.24 bits per heavy atom. The number of carbonyl (C=O) groups excluding carboxylic acids is 1. The number of piperidine rings is 1. The van der Waals surface area contributed by atoms with Crippen molar-refractivity contribution in [3.05, 3.63) is 52.6 Å². The number of alkyl halides is 2. The van der Waals surface area contributed by atoms with Crippen LogP contribution in [0.15, 0.2) is 35.4 Å². The number of nitriles is 2. The molecule has 0 aliphatic carbocycles. The van der Waals surface area contributed by atoms with Crippen molar-refractivity contribution in [1.29, 1.82) is 10.5 Å². The number of carbonyl (C=O) groups is 1. The molecule has 0 bridgehead atoms. The van der Waals surface area contributed by atoms with E-state index < -0.39 is 17.6 Å². The van der Waals surface area contributed by atoms with Gasteiger partial charge in [-0.05, 0) is 30.4 Å². The molecule has 0 radical (unpaired) electrons. The van der Waals surface area contributed by atoms with Crippen molar-refractivity contribution < 1.29 is 13.6 Å². The molecule has 3 N–H and O–H groups in total. The van der Waals surface area contributed by atoms with Crippen LogP contribution in [0.3, 0.4) is 0 Å². The number of hydrogen-bond acceptors (Lipinski definition) is 7. The number of thioether (sulfide) groups is 1. The smallest absolute Gasteiger partial charge is 0.250 e. The number of pyridine rings is 1. The molecule has 1 unspecified atom stereocenters. The minimum Gasteiger partial charge on any atom is -0.368 e. The Kier molecular flexibility index (Phi) is 8.80. The quantitative estimate of drug-likeness (QED) is 0.523. The third-order valence-corrected chi connectivity index (χ3v) is 7.03. The molecule has 1 amide bonds. The highest BCUT2D eigenvalue weighted by Gasteiger charge is 2.29. The third-order valence-electron chi connectivity index (χ3n) is 5.77. The molecule has 0 saturated carbocycles. The van der Waals surface area contributed by atoms with Crippen LogP contribution in [0.4, 0.5) is 14.6 Å². The highest BCUT2D eigenvalue weighted by atomic mass is 32.2. The Balaban J connectivity index is 1.97. The minimum absolute atomic E-state index is 0.0361. The van der Waals surface area contributed by atoms with Crippen LogP contribution in [0.1, 0.15) is 47.3 Å². The Morgan fingerprint density at radius 3 is 2.41 bits per heavy atom. The number of nitrogens with zero attached hydrogens (tertiary/aromatic N) is 4. The Morgan fingerprint density at radius 2 is 1.88 bits per heavy atom. The number of amides is 1. The number of benzene rings is 1. The molecule has 2 aromatic rings. The maximum absolute atomic E-state index is 12.5. The van der Waals surface area contributed by atoms with Gasteiger partial charge in [0, 0.05) is 19.1 Å². The Labute approximate surface area is 201 Å². The van der Waals surface area contributed by atoms with E-state index in [4.69, 9.17) is 5.73 Å². The van der Waals surface area contributed by atoms with Crippen LogP contribution in [0.5, 0.6) is 0 Å². The van der Waals surface area contributed by atoms with Crippen LogP contribution < -0.4 is 16.0 Å². The largest absolute Gasteiger partial charge is 0.368 e. The molecule has 7 nitrogen and oxygen atoms in total. The van der Waals surface area contributed by atoms with Crippen LogP contribution in [0, 0.1) is 22.7 Å². The Hall–Kier alpha value is -3.21. The fourth-order valence-corrected chi connectivity index (χ4v) is 5.14. The summed E-state index contributed by atoms with van der Waals surface area (Å²) < 4.78 is 25.1. The summed E-state index contributed by atoms with van der Waals surface area (Å²) in [5.74, 6) is -0.110. The van der Waals surface area contributed by atoms with Gasteiger partial charge in [-0.2, -0.15) is 10.5 Å². The van der Waals surface area contributed by atoms with Gasteiger partial charge in [-0.3, -0.25) is 4.79 Å². The van der Waals surface area contributed by atoms with Crippen molar-refractivity contribution in [3.8, 4) is 12.1 Å². The predicted molar refractivity (Wildman–Crippen MR) is 127 cm³/mol. The summed E-state index contributed by atoms with van der Waals surface area (Å²) >= 11 is 1.10. The molecule has 1 aliphatic heterocycles. The number of hydrogen-bond donors (Lipinski definition) is 2. The van der Waals surface area contributed by atoms with Crippen LogP contribution in [0.2, 0.25) is 0 Å². The van der Waals surface area contributed by atoms with Gasteiger partial charge in [0.1, 0.15) is 28.2 Å². The van der Waals surface area contributed by atoms with Gasteiger partial charge in [0.25, 0.3) is 6.43 Å². The van der Waals surface area contributed by atoms with Gasteiger partial charge in [0.15, 0.2) is 0 Å². The third kappa shape index (κ3) is 5.82. The molecule has 0 spiro atoms. The zero-order valence-corrected chi connectivity index (χ0v) is 19.6. The molecular formula is C24H26F2N6OS. The number of nitrogens with one attached hydrogen (secondary N) is 1. The maximum Gasteiger partial charge on any atom is 0.250 e. The van der Waals surface area contributed by atoms with E-state index in [0.29, 0.717) is 59.9 Å². The van der Waals surface area contributed by atoms with Crippen molar-refractivity contribution in [2.75, 3.05) is 24.5 Å². The first-order chi connectivity index (χ1) is 16.4. The zero-order chi connectivity index (χ0) is 24.7. The van der Waals surface area contributed by atoms with Crippen LogP contribution >= 0.6 is 11.8 Å². The van der Waals surface area contributed by atoms with Crippen LogP contribution in [0.25, 0.3) is 0 Å². The molecule has 34 heavy (non-hydrogen) atoms. The molecule has 1 aromatic carbocycles. The fourth-order valence-electron chi connectivity index (χ4n) is 4.08. The average Bonchev–Trinajstić information content (AvgIpc) is 2.85. The van der Waals surface area contributed by atoms with E-state index in [-0.39, 0.29) is 18.2 Å². The standard InChI is InChI=1S/C24H26F2N6OS/c1-2-17-18(12-27)23(32-10-8-16(9-11-32)30-14-20(25)26)31-24(19(17)13-28)34-21(22(29)33)15-6-4-3-5-7-15/h3-7,16,20-21,30H,2,8-11,14H2,1H3,(H2,29,33). The Bertz CT molecular complexity index is 1090. The SMILES string of the molecule is CCc1c(C#N)c(SC(C(N)=O)c2ccccc2)nc(N2CCC(NCC(F)F)CC2)c1C#N. The van der Waals surface area contributed by atoms with Crippen LogP contribution in [-0.2, 0) is 11.2 Å². The molecule has 1 aromatic heterocycles. The summed E-state index contributed by atoms with van der Waals surface area (Å²) in [6, 6.07) is 13.3. The molecular weight excluding hydrogens is 458 g/mol. The number of rotatable bonds is 9. The van der Waals surface area contributed by atoms with Crippen molar-refractivity contribution >= 4 is 23.5 Å². The molecule has 1 fully saturated rings. The highest BCUT2D eigenvalue weighted by molar-refractivity contribution is 8.00. The second kappa shape index (κ2) is 11.8. The molecule has 1 saturated heterocycles. The summed E-state index contributed by atoms with van der Waals surface area (Å²) in [5, 5.41) is 22.3. The van der Waals surface area contributed by atoms with Crippen molar-refractivity contribution in [1.82, 2.24) is 10.3 Å². The molecule has 1 aliphatic rings. The molecule has 178 valence electrons. The summed E-state index contributed by atoms with van der Waals surface area (Å²) in [4.78, 5) is 18.9. The van der Waals surface area contributed by atoms with Gasteiger partial charge in [0.05, 0.1) is 17.7 Å². The van der Waals surface area contributed by atoms with Crippen molar-refractivity contribution in [2.45, 2.75) is 48.9 Å².